The molecule has 1 aliphatic rings. The van der Waals surface area contributed by atoms with Crippen molar-refractivity contribution < 1.29 is 9.21 Å². The fraction of sp³-hybridized carbons (Fsp3) is 0.250. The van der Waals surface area contributed by atoms with Gasteiger partial charge in [-0.3, -0.25) is 0 Å². The first-order valence-corrected chi connectivity index (χ1v) is 8.13. The highest BCUT2D eigenvalue weighted by Crippen LogP contribution is 2.32. The van der Waals surface area contributed by atoms with E-state index in [9.17, 15) is 4.79 Å². The normalized spacial score (nSPS) is 18.0. The Morgan fingerprint density at radius 2 is 2.36 bits per heavy atom. The Balaban J connectivity index is 1.53. The fourth-order valence-corrected chi connectivity index (χ4v) is 3.58. The highest BCUT2D eigenvalue weighted by Gasteiger charge is 2.31. The van der Waals surface area contributed by atoms with Crippen molar-refractivity contribution in [1.82, 2.24) is 9.88 Å². The Kier molecular flexibility index (Phi) is 3.31. The van der Waals surface area contributed by atoms with Crippen LogP contribution in [-0.2, 0) is 0 Å². The molecule has 1 N–H and O–H groups in total. The number of nitrogens with one attached hydrogen (secondary N) is 1. The summed E-state index contributed by atoms with van der Waals surface area (Å²) < 4.78 is 6.58. The number of anilines is 1. The smallest absolute Gasteiger partial charge is 0.322 e. The minimum absolute atomic E-state index is 0.0259. The lowest BCUT2D eigenvalue weighted by molar-refractivity contribution is 0.200. The molecule has 3 heterocycles. The van der Waals surface area contributed by atoms with Crippen molar-refractivity contribution in [3.8, 4) is 0 Å². The van der Waals surface area contributed by atoms with E-state index < -0.39 is 0 Å². The summed E-state index contributed by atoms with van der Waals surface area (Å²) >= 11 is 1.59. The molecule has 112 valence electrons. The Morgan fingerprint density at radius 1 is 1.41 bits per heavy atom. The molecule has 2 amide bonds. The van der Waals surface area contributed by atoms with Gasteiger partial charge in [-0.05, 0) is 43.2 Å². The third-order valence-corrected chi connectivity index (χ3v) is 4.78. The summed E-state index contributed by atoms with van der Waals surface area (Å²) in [7, 11) is 0. The van der Waals surface area contributed by atoms with E-state index in [0.29, 0.717) is 0 Å². The topological polar surface area (TPSA) is 58.4 Å². The molecule has 22 heavy (non-hydrogen) atoms. The summed E-state index contributed by atoms with van der Waals surface area (Å²) in [6.45, 7) is 0.746. The Bertz CT molecular complexity index is 797. The van der Waals surface area contributed by atoms with Gasteiger partial charge in [0.05, 0.1) is 28.0 Å². The van der Waals surface area contributed by atoms with Gasteiger partial charge in [-0.25, -0.2) is 9.78 Å². The van der Waals surface area contributed by atoms with Crippen LogP contribution in [0.5, 0.6) is 0 Å². The third kappa shape index (κ3) is 2.35. The lowest BCUT2D eigenvalue weighted by Crippen LogP contribution is -2.34. The molecule has 1 aliphatic heterocycles. The van der Waals surface area contributed by atoms with Crippen LogP contribution in [0.1, 0.15) is 24.6 Å². The van der Waals surface area contributed by atoms with E-state index in [2.05, 4.69) is 10.3 Å². The van der Waals surface area contributed by atoms with E-state index in [1.165, 1.54) is 0 Å². The maximum Gasteiger partial charge on any atom is 0.322 e. The lowest BCUT2D eigenvalue weighted by atomic mass is 10.2. The van der Waals surface area contributed by atoms with Gasteiger partial charge in [-0.1, -0.05) is 0 Å². The summed E-state index contributed by atoms with van der Waals surface area (Å²) in [5, 5.41) is 2.97. The monoisotopic (exact) mass is 313 g/mol. The van der Waals surface area contributed by atoms with Crippen LogP contribution < -0.4 is 5.32 Å². The SMILES string of the molecule is O=C(Nc1ccc2scnc2c1)N1CCCC1c1ccco1. The standard InChI is InChI=1S/C16H15N3O2S/c20-16(18-11-5-6-15-12(9-11)17-10-22-15)19-7-1-3-13(19)14-4-2-8-21-14/h2,4-6,8-10,13H,1,3,7H2,(H,18,20). The zero-order chi connectivity index (χ0) is 14.9. The molecule has 4 rings (SSSR count). The minimum atomic E-state index is -0.0894. The van der Waals surface area contributed by atoms with Gasteiger partial charge < -0.3 is 14.6 Å². The van der Waals surface area contributed by atoms with Gasteiger partial charge in [0, 0.05) is 12.2 Å². The fourth-order valence-electron chi connectivity index (χ4n) is 2.92. The molecule has 5 nitrogen and oxygen atoms in total. The van der Waals surface area contributed by atoms with Crippen LogP contribution >= 0.6 is 11.3 Å². The summed E-state index contributed by atoms with van der Waals surface area (Å²) in [5.41, 5.74) is 3.49. The van der Waals surface area contributed by atoms with Crippen LogP contribution in [0.3, 0.4) is 0 Å². The number of furan rings is 1. The maximum absolute atomic E-state index is 12.6. The van der Waals surface area contributed by atoms with E-state index >= 15 is 0 Å². The maximum atomic E-state index is 12.6. The highest BCUT2D eigenvalue weighted by molar-refractivity contribution is 7.16. The van der Waals surface area contributed by atoms with Crippen LogP contribution in [-0.4, -0.2) is 22.5 Å². The number of benzene rings is 1. The molecule has 2 aromatic heterocycles. The first-order valence-electron chi connectivity index (χ1n) is 7.25. The first-order chi connectivity index (χ1) is 10.8. The average Bonchev–Trinajstić information content (AvgIpc) is 3.26. The van der Waals surface area contributed by atoms with Gasteiger partial charge in [-0.15, -0.1) is 11.3 Å². The number of fused-ring (bicyclic) bond motifs is 1. The number of urea groups is 1. The molecule has 0 aliphatic carbocycles. The van der Waals surface area contributed by atoms with Crippen LogP contribution in [0.4, 0.5) is 10.5 Å². The largest absolute Gasteiger partial charge is 0.467 e. The van der Waals surface area contributed by atoms with E-state index in [1.54, 1.807) is 17.6 Å². The molecule has 1 unspecified atom stereocenters. The van der Waals surface area contributed by atoms with E-state index in [4.69, 9.17) is 4.42 Å². The van der Waals surface area contributed by atoms with E-state index in [0.717, 1.165) is 41.1 Å². The molecule has 1 aromatic carbocycles. The number of nitrogens with zero attached hydrogens (tertiary/aromatic N) is 2. The molecule has 3 aromatic rings. The van der Waals surface area contributed by atoms with E-state index in [-0.39, 0.29) is 12.1 Å². The number of rotatable bonds is 2. The Hall–Kier alpha value is -2.34. The van der Waals surface area contributed by atoms with E-state index in [1.807, 2.05) is 40.7 Å². The minimum Gasteiger partial charge on any atom is -0.467 e. The molecular formula is C16H15N3O2S. The molecule has 0 saturated carbocycles. The van der Waals surface area contributed by atoms with Crippen molar-refractivity contribution in [2.75, 3.05) is 11.9 Å². The summed E-state index contributed by atoms with van der Waals surface area (Å²) in [6, 6.07) is 9.53. The van der Waals surface area contributed by atoms with Crippen LogP contribution in [0.15, 0.2) is 46.5 Å². The summed E-state index contributed by atoms with van der Waals surface area (Å²) in [4.78, 5) is 18.7. The number of carbonyl (C=O) groups is 1. The molecule has 0 spiro atoms. The van der Waals surface area contributed by atoms with Crippen molar-refractivity contribution in [2.24, 2.45) is 0 Å². The second kappa shape index (κ2) is 5.46. The second-order valence-corrected chi connectivity index (χ2v) is 6.22. The number of carbonyl (C=O) groups excluding carboxylic acids is 1. The molecule has 0 radical (unpaired) electrons. The number of thiazole rings is 1. The third-order valence-electron chi connectivity index (χ3n) is 3.97. The van der Waals surface area contributed by atoms with Gasteiger partial charge in [0.1, 0.15) is 5.76 Å². The number of aromatic nitrogens is 1. The molecule has 6 heteroatoms. The number of amides is 2. The number of hydrogen-bond acceptors (Lipinski definition) is 4. The summed E-state index contributed by atoms with van der Waals surface area (Å²) in [6.07, 6.45) is 3.58. The van der Waals surface area contributed by atoms with Gasteiger partial charge in [-0.2, -0.15) is 0 Å². The number of hydrogen-bond donors (Lipinski definition) is 1. The van der Waals surface area contributed by atoms with Gasteiger partial charge in [0.25, 0.3) is 0 Å². The second-order valence-electron chi connectivity index (χ2n) is 5.33. The van der Waals surface area contributed by atoms with Gasteiger partial charge in [0.15, 0.2) is 0 Å². The molecule has 0 bridgehead atoms. The highest BCUT2D eigenvalue weighted by atomic mass is 32.1. The van der Waals surface area contributed by atoms with Gasteiger partial charge >= 0.3 is 6.03 Å². The van der Waals surface area contributed by atoms with Crippen LogP contribution in [0.25, 0.3) is 10.2 Å². The molecule has 1 fully saturated rings. The zero-order valence-electron chi connectivity index (χ0n) is 11.9. The van der Waals surface area contributed by atoms with Crippen molar-refractivity contribution in [3.63, 3.8) is 0 Å². The quantitative estimate of drug-likeness (QED) is 0.769. The van der Waals surface area contributed by atoms with Gasteiger partial charge in [0.2, 0.25) is 0 Å². The Morgan fingerprint density at radius 3 is 3.23 bits per heavy atom. The van der Waals surface area contributed by atoms with Crippen LogP contribution in [0.2, 0.25) is 0 Å². The predicted molar refractivity (Wildman–Crippen MR) is 86.0 cm³/mol. The number of likely N-dealkylation sites (tertiary alicyclic amines) is 1. The zero-order valence-corrected chi connectivity index (χ0v) is 12.7. The lowest BCUT2D eigenvalue weighted by Gasteiger charge is -2.23. The molecule has 1 atom stereocenters. The Labute approximate surface area is 131 Å². The average molecular weight is 313 g/mol. The predicted octanol–water partition coefficient (Wildman–Crippen LogP) is 4.26. The summed E-state index contributed by atoms with van der Waals surface area (Å²) in [5.74, 6) is 0.850. The molecule has 1 saturated heterocycles. The van der Waals surface area contributed by atoms with Crippen molar-refractivity contribution >= 4 is 33.3 Å². The first kappa shape index (κ1) is 13.3. The van der Waals surface area contributed by atoms with Crippen molar-refractivity contribution in [1.29, 1.82) is 0 Å². The van der Waals surface area contributed by atoms with Crippen molar-refractivity contribution in [3.05, 3.63) is 47.9 Å². The molecular weight excluding hydrogens is 298 g/mol. The van der Waals surface area contributed by atoms with Crippen molar-refractivity contribution in [2.45, 2.75) is 18.9 Å². The van der Waals surface area contributed by atoms with Crippen LogP contribution in [0, 0.1) is 0 Å².